The maximum atomic E-state index is 3.55. The fraction of sp³-hybridized carbons (Fsp3) is 0.647. The van der Waals surface area contributed by atoms with Crippen LogP contribution in [0, 0.1) is 11.3 Å². The Labute approximate surface area is 117 Å². The number of nitrogens with zero attached hydrogens (tertiary/aromatic N) is 1. The van der Waals surface area contributed by atoms with Gasteiger partial charge in [0.15, 0.2) is 0 Å². The SMILES string of the molecule is CC1CNCCC12CCN(Cc1ccccc1)C2C. The Hall–Kier alpha value is -0.860. The van der Waals surface area contributed by atoms with Gasteiger partial charge in [0.1, 0.15) is 0 Å². The largest absolute Gasteiger partial charge is 0.316 e. The molecule has 1 aromatic carbocycles. The van der Waals surface area contributed by atoms with Gasteiger partial charge in [-0.25, -0.2) is 0 Å². The number of hydrogen-bond donors (Lipinski definition) is 1. The van der Waals surface area contributed by atoms with Crippen LogP contribution >= 0.6 is 0 Å². The van der Waals surface area contributed by atoms with E-state index in [1.807, 2.05) is 0 Å². The molecule has 0 amide bonds. The van der Waals surface area contributed by atoms with Crippen molar-refractivity contribution in [3.8, 4) is 0 Å². The van der Waals surface area contributed by atoms with Gasteiger partial charge in [-0.05, 0) is 56.3 Å². The van der Waals surface area contributed by atoms with Crippen LogP contribution in [0.1, 0.15) is 32.3 Å². The van der Waals surface area contributed by atoms with E-state index in [0.717, 1.165) is 12.5 Å². The molecule has 104 valence electrons. The average molecular weight is 258 g/mol. The van der Waals surface area contributed by atoms with Crippen molar-refractivity contribution in [2.45, 2.75) is 39.3 Å². The van der Waals surface area contributed by atoms with Gasteiger partial charge < -0.3 is 5.32 Å². The summed E-state index contributed by atoms with van der Waals surface area (Å²) in [5.41, 5.74) is 2.01. The van der Waals surface area contributed by atoms with E-state index in [0.29, 0.717) is 11.5 Å². The third-order valence-corrected chi connectivity index (χ3v) is 5.67. The zero-order chi connectivity index (χ0) is 13.3. The maximum Gasteiger partial charge on any atom is 0.0236 e. The molecule has 0 radical (unpaired) electrons. The van der Waals surface area contributed by atoms with E-state index in [1.54, 1.807) is 0 Å². The van der Waals surface area contributed by atoms with Crippen molar-refractivity contribution in [1.82, 2.24) is 10.2 Å². The zero-order valence-electron chi connectivity index (χ0n) is 12.2. The number of piperidine rings is 1. The van der Waals surface area contributed by atoms with E-state index in [-0.39, 0.29) is 0 Å². The minimum atomic E-state index is 0.556. The highest BCUT2D eigenvalue weighted by molar-refractivity contribution is 5.15. The second-order valence-corrected chi connectivity index (χ2v) is 6.47. The van der Waals surface area contributed by atoms with E-state index >= 15 is 0 Å². The molecule has 2 nitrogen and oxygen atoms in total. The van der Waals surface area contributed by atoms with Gasteiger partial charge in [-0.3, -0.25) is 4.90 Å². The van der Waals surface area contributed by atoms with Gasteiger partial charge in [-0.15, -0.1) is 0 Å². The minimum Gasteiger partial charge on any atom is -0.316 e. The molecule has 2 aliphatic heterocycles. The summed E-state index contributed by atoms with van der Waals surface area (Å²) >= 11 is 0. The molecule has 0 saturated carbocycles. The Morgan fingerprint density at radius 2 is 2.00 bits per heavy atom. The summed E-state index contributed by atoms with van der Waals surface area (Å²) in [4.78, 5) is 2.69. The second kappa shape index (κ2) is 5.26. The van der Waals surface area contributed by atoms with Crippen molar-refractivity contribution in [3.63, 3.8) is 0 Å². The Balaban J connectivity index is 1.73. The highest BCUT2D eigenvalue weighted by atomic mass is 15.2. The van der Waals surface area contributed by atoms with Crippen LogP contribution < -0.4 is 5.32 Å². The number of benzene rings is 1. The van der Waals surface area contributed by atoms with Gasteiger partial charge in [0, 0.05) is 12.6 Å². The number of rotatable bonds is 2. The van der Waals surface area contributed by atoms with Gasteiger partial charge in [0.25, 0.3) is 0 Å². The molecule has 2 saturated heterocycles. The molecule has 3 rings (SSSR count). The van der Waals surface area contributed by atoms with Gasteiger partial charge in [-0.2, -0.15) is 0 Å². The van der Waals surface area contributed by atoms with Gasteiger partial charge in [0.2, 0.25) is 0 Å². The first-order valence-electron chi connectivity index (χ1n) is 7.71. The lowest BCUT2D eigenvalue weighted by Gasteiger charge is -2.44. The van der Waals surface area contributed by atoms with E-state index in [9.17, 15) is 0 Å². The lowest BCUT2D eigenvalue weighted by Crippen LogP contribution is -2.49. The van der Waals surface area contributed by atoms with Crippen LogP contribution in [-0.4, -0.2) is 30.6 Å². The quantitative estimate of drug-likeness (QED) is 0.877. The highest BCUT2D eigenvalue weighted by Crippen LogP contribution is 2.47. The van der Waals surface area contributed by atoms with Crippen molar-refractivity contribution < 1.29 is 0 Å². The molecule has 3 unspecified atom stereocenters. The summed E-state index contributed by atoms with van der Waals surface area (Å²) in [6, 6.07) is 11.6. The lowest BCUT2D eigenvalue weighted by molar-refractivity contribution is 0.0709. The molecular formula is C17H26N2. The molecule has 2 aliphatic rings. The molecule has 1 aromatic rings. The molecule has 0 aromatic heterocycles. The summed E-state index contributed by atoms with van der Waals surface area (Å²) in [7, 11) is 0. The van der Waals surface area contributed by atoms with Crippen LogP contribution in [0.25, 0.3) is 0 Å². The first-order chi connectivity index (χ1) is 9.22. The maximum absolute atomic E-state index is 3.55. The van der Waals surface area contributed by atoms with Crippen molar-refractivity contribution in [3.05, 3.63) is 35.9 Å². The van der Waals surface area contributed by atoms with Crippen LogP contribution in [0.4, 0.5) is 0 Å². The van der Waals surface area contributed by atoms with Crippen molar-refractivity contribution >= 4 is 0 Å². The third-order valence-electron chi connectivity index (χ3n) is 5.67. The Morgan fingerprint density at radius 3 is 2.74 bits per heavy atom. The van der Waals surface area contributed by atoms with Crippen LogP contribution in [0.15, 0.2) is 30.3 Å². The molecule has 2 fully saturated rings. The predicted molar refractivity (Wildman–Crippen MR) is 80.0 cm³/mol. The van der Waals surface area contributed by atoms with Crippen molar-refractivity contribution in [2.75, 3.05) is 19.6 Å². The molecule has 0 aliphatic carbocycles. The highest BCUT2D eigenvalue weighted by Gasteiger charge is 2.48. The molecule has 2 heterocycles. The Bertz CT molecular complexity index is 417. The van der Waals surface area contributed by atoms with Gasteiger partial charge in [-0.1, -0.05) is 37.3 Å². The zero-order valence-corrected chi connectivity index (χ0v) is 12.2. The van der Waals surface area contributed by atoms with E-state index in [1.165, 1.54) is 38.0 Å². The van der Waals surface area contributed by atoms with E-state index in [4.69, 9.17) is 0 Å². The smallest absolute Gasteiger partial charge is 0.0236 e. The van der Waals surface area contributed by atoms with Crippen LogP contribution in [0.5, 0.6) is 0 Å². The van der Waals surface area contributed by atoms with Gasteiger partial charge in [0.05, 0.1) is 0 Å². The molecule has 1 spiro atoms. The topological polar surface area (TPSA) is 15.3 Å². The summed E-state index contributed by atoms with van der Waals surface area (Å²) < 4.78 is 0. The fourth-order valence-corrected chi connectivity index (χ4v) is 4.23. The van der Waals surface area contributed by atoms with Gasteiger partial charge >= 0.3 is 0 Å². The summed E-state index contributed by atoms with van der Waals surface area (Å²) in [5.74, 6) is 0.803. The molecule has 1 N–H and O–H groups in total. The molecular weight excluding hydrogens is 232 g/mol. The van der Waals surface area contributed by atoms with Crippen LogP contribution in [-0.2, 0) is 6.54 Å². The summed E-state index contributed by atoms with van der Waals surface area (Å²) in [6.07, 6.45) is 2.73. The van der Waals surface area contributed by atoms with Crippen LogP contribution in [0.2, 0.25) is 0 Å². The molecule has 2 heteroatoms. The van der Waals surface area contributed by atoms with Crippen molar-refractivity contribution in [1.29, 1.82) is 0 Å². The Kier molecular flexibility index (Phi) is 3.64. The van der Waals surface area contributed by atoms with Crippen molar-refractivity contribution in [2.24, 2.45) is 11.3 Å². The van der Waals surface area contributed by atoms with E-state index < -0.39 is 0 Å². The monoisotopic (exact) mass is 258 g/mol. The van der Waals surface area contributed by atoms with E-state index in [2.05, 4.69) is 54.4 Å². The number of nitrogens with one attached hydrogen (secondary N) is 1. The summed E-state index contributed by atoms with van der Waals surface area (Å²) in [6.45, 7) is 9.67. The minimum absolute atomic E-state index is 0.556. The summed E-state index contributed by atoms with van der Waals surface area (Å²) in [5, 5.41) is 3.55. The number of hydrogen-bond acceptors (Lipinski definition) is 2. The molecule has 0 bridgehead atoms. The molecule has 3 atom stereocenters. The first-order valence-corrected chi connectivity index (χ1v) is 7.71. The van der Waals surface area contributed by atoms with Crippen LogP contribution in [0.3, 0.4) is 0 Å². The standard InChI is InChI=1S/C17H26N2/c1-14-12-18-10-8-17(14)9-11-19(15(17)2)13-16-6-4-3-5-7-16/h3-7,14-15,18H,8-13H2,1-2H3. The number of likely N-dealkylation sites (tertiary alicyclic amines) is 1. The molecule has 19 heavy (non-hydrogen) atoms. The first kappa shape index (κ1) is 13.1. The average Bonchev–Trinajstić information content (AvgIpc) is 2.74. The lowest BCUT2D eigenvalue weighted by atomic mass is 9.67. The Morgan fingerprint density at radius 1 is 1.21 bits per heavy atom. The third kappa shape index (κ3) is 2.32. The normalized spacial score (nSPS) is 35.9. The second-order valence-electron chi connectivity index (χ2n) is 6.47. The fourth-order valence-electron chi connectivity index (χ4n) is 4.23. The predicted octanol–water partition coefficient (Wildman–Crippen LogP) is 2.90.